The Morgan fingerprint density at radius 2 is 1.38 bits per heavy atom. The van der Waals surface area contributed by atoms with Gasteiger partial charge in [0.05, 0.1) is 16.3 Å². The highest BCUT2D eigenvalue weighted by Crippen LogP contribution is 2.27. The SMILES string of the molecule is CNS(=O)(=O)c1ccc(C)c(NC(=O)CN(Cc2ccc(C)cc2)S(=O)(=O)c2c(C)cc(C)cc2C)c1. The number of nitrogens with one attached hydrogen (secondary N) is 2. The molecule has 0 saturated carbocycles. The van der Waals surface area contributed by atoms with Gasteiger partial charge in [-0.1, -0.05) is 53.6 Å². The summed E-state index contributed by atoms with van der Waals surface area (Å²) in [7, 11) is -6.47. The van der Waals surface area contributed by atoms with E-state index in [9.17, 15) is 21.6 Å². The van der Waals surface area contributed by atoms with Gasteiger partial charge in [0.25, 0.3) is 0 Å². The first-order chi connectivity index (χ1) is 17.2. The van der Waals surface area contributed by atoms with E-state index in [1.165, 1.54) is 19.2 Å². The molecule has 3 aromatic rings. The van der Waals surface area contributed by atoms with Crippen LogP contribution in [0, 0.1) is 34.6 Å². The summed E-state index contributed by atoms with van der Waals surface area (Å²) in [5.74, 6) is -0.583. The van der Waals surface area contributed by atoms with Crippen molar-refractivity contribution in [1.82, 2.24) is 9.03 Å². The lowest BCUT2D eigenvalue weighted by atomic mass is 10.1. The third-order valence-electron chi connectivity index (χ3n) is 6.06. The maximum Gasteiger partial charge on any atom is 0.244 e. The summed E-state index contributed by atoms with van der Waals surface area (Å²) in [6.45, 7) is 8.60. The number of aryl methyl sites for hydroxylation is 5. The maximum atomic E-state index is 13.9. The van der Waals surface area contributed by atoms with Crippen molar-refractivity contribution in [2.24, 2.45) is 0 Å². The number of amides is 1. The first-order valence-corrected chi connectivity index (χ1v) is 14.6. The summed E-state index contributed by atoms with van der Waals surface area (Å²) < 4.78 is 55.6. The molecule has 3 aromatic carbocycles. The number of carbonyl (C=O) groups excluding carboxylic acids is 1. The fourth-order valence-electron chi connectivity index (χ4n) is 4.20. The molecule has 2 N–H and O–H groups in total. The average Bonchev–Trinajstić information content (AvgIpc) is 2.80. The van der Waals surface area contributed by atoms with Crippen LogP contribution in [-0.2, 0) is 31.4 Å². The van der Waals surface area contributed by atoms with Crippen molar-refractivity contribution in [3.63, 3.8) is 0 Å². The number of hydrogen-bond acceptors (Lipinski definition) is 5. The molecule has 0 bridgehead atoms. The van der Waals surface area contributed by atoms with Crippen LogP contribution in [0.2, 0.25) is 0 Å². The van der Waals surface area contributed by atoms with Gasteiger partial charge < -0.3 is 5.32 Å². The summed E-state index contributed by atoms with van der Waals surface area (Å²) >= 11 is 0. The predicted octanol–water partition coefficient (Wildman–Crippen LogP) is 3.97. The second kappa shape index (κ2) is 11.1. The monoisotopic (exact) mass is 543 g/mol. The minimum atomic E-state index is -4.05. The van der Waals surface area contributed by atoms with E-state index in [1.807, 2.05) is 38.1 Å². The highest BCUT2D eigenvalue weighted by molar-refractivity contribution is 7.89. The van der Waals surface area contributed by atoms with E-state index >= 15 is 0 Å². The number of hydrogen-bond donors (Lipinski definition) is 2. The largest absolute Gasteiger partial charge is 0.325 e. The van der Waals surface area contributed by atoms with Gasteiger partial charge in [-0.05, 0) is 76.1 Å². The summed E-state index contributed by atoms with van der Waals surface area (Å²) in [6, 6.07) is 15.4. The standard InChI is InChI=1S/C27H33N3O5S2/c1-18-7-10-23(11-8-18)16-30(37(34,35)27-21(4)13-19(2)14-22(27)5)17-26(31)29-25-15-24(12-9-20(25)3)36(32,33)28-6/h7-15,28H,16-17H2,1-6H3,(H,29,31). The van der Waals surface area contributed by atoms with Crippen molar-refractivity contribution in [1.29, 1.82) is 0 Å². The quantitative estimate of drug-likeness (QED) is 0.424. The highest BCUT2D eigenvalue weighted by Gasteiger charge is 2.30. The van der Waals surface area contributed by atoms with E-state index in [4.69, 9.17) is 0 Å². The number of nitrogens with zero attached hydrogens (tertiary/aromatic N) is 1. The van der Waals surface area contributed by atoms with Crippen LogP contribution in [0.25, 0.3) is 0 Å². The molecule has 0 aliphatic carbocycles. The van der Waals surface area contributed by atoms with Gasteiger partial charge in [0.2, 0.25) is 26.0 Å². The number of benzene rings is 3. The molecule has 1 amide bonds. The molecule has 0 saturated heterocycles. The molecule has 0 spiro atoms. The first kappa shape index (κ1) is 28.5. The average molecular weight is 544 g/mol. The molecule has 0 heterocycles. The zero-order valence-corrected chi connectivity index (χ0v) is 23.5. The van der Waals surface area contributed by atoms with Crippen LogP contribution >= 0.6 is 0 Å². The van der Waals surface area contributed by atoms with Crippen LogP contribution in [-0.4, -0.2) is 40.6 Å². The molecule has 0 aliphatic rings. The summed E-state index contributed by atoms with van der Waals surface area (Å²) in [6.07, 6.45) is 0. The second-order valence-corrected chi connectivity index (χ2v) is 13.0. The van der Waals surface area contributed by atoms with E-state index in [-0.39, 0.29) is 22.0 Å². The van der Waals surface area contributed by atoms with Crippen LogP contribution in [0.1, 0.15) is 33.4 Å². The van der Waals surface area contributed by atoms with Crippen molar-refractivity contribution in [3.05, 3.63) is 88.0 Å². The predicted molar refractivity (Wildman–Crippen MR) is 145 cm³/mol. The Labute approximate surface area is 219 Å². The lowest BCUT2D eigenvalue weighted by molar-refractivity contribution is -0.116. The van der Waals surface area contributed by atoms with Gasteiger partial charge in [-0.25, -0.2) is 21.6 Å². The molecular weight excluding hydrogens is 510 g/mol. The molecular formula is C27H33N3O5S2. The Morgan fingerprint density at radius 3 is 1.95 bits per heavy atom. The summed E-state index contributed by atoms with van der Waals surface area (Å²) in [5, 5.41) is 2.70. The van der Waals surface area contributed by atoms with Crippen LogP contribution in [0.15, 0.2) is 64.4 Å². The number of carbonyl (C=O) groups is 1. The van der Waals surface area contributed by atoms with Gasteiger partial charge in [0.1, 0.15) is 0 Å². The van der Waals surface area contributed by atoms with Gasteiger partial charge in [-0.3, -0.25) is 4.79 Å². The van der Waals surface area contributed by atoms with E-state index < -0.39 is 32.5 Å². The van der Waals surface area contributed by atoms with Gasteiger partial charge in [0, 0.05) is 12.2 Å². The number of anilines is 1. The Balaban J connectivity index is 1.99. The van der Waals surface area contributed by atoms with Crippen molar-refractivity contribution < 1.29 is 21.6 Å². The van der Waals surface area contributed by atoms with Crippen molar-refractivity contribution in [3.8, 4) is 0 Å². The molecule has 37 heavy (non-hydrogen) atoms. The molecule has 0 unspecified atom stereocenters. The Morgan fingerprint density at radius 1 is 0.784 bits per heavy atom. The smallest absolute Gasteiger partial charge is 0.244 e. The van der Waals surface area contributed by atoms with Crippen LogP contribution < -0.4 is 10.0 Å². The number of rotatable bonds is 9. The fourth-order valence-corrected chi connectivity index (χ4v) is 6.75. The minimum absolute atomic E-state index is 0.00402. The number of sulfonamides is 2. The molecule has 3 rings (SSSR count). The van der Waals surface area contributed by atoms with Crippen LogP contribution in [0.4, 0.5) is 5.69 Å². The van der Waals surface area contributed by atoms with Crippen molar-refractivity contribution >= 4 is 31.6 Å². The molecule has 0 atom stereocenters. The minimum Gasteiger partial charge on any atom is -0.325 e. The third kappa shape index (κ3) is 6.64. The normalized spacial score (nSPS) is 12.1. The molecule has 198 valence electrons. The van der Waals surface area contributed by atoms with Crippen molar-refractivity contribution in [2.45, 2.75) is 51.0 Å². The maximum absolute atomic E-state index is 13.9. The molecule has 8 nitrogen and oxygen atoms in total. The zero-order valence-electron chi connectivity index (χ0n) is 21.9. The van der Waals surface area contributed by atoms with E-state index in [1.54, 1.807) is 39.0 Å². The molecule has 10 heteroatoms. The van der Waals surface area contributed by atoms with Gasteiger partial charge in [-0.2, -0.15) is 4.31 Å². The highest BCUT2D eigenvalue weighted by atomic mass is 32.2. The Hall–Kier alpha value is -3.05. The summed E-state index contributed by atoms with van der Waals surface area (Å²) in [4.78, 5) is 13.3. The van der Waals surface area contributed by atoms with Gasteiger partial charge >= 0.3 is 0 Å². The Kier molecular flexibility index (Phi) is 8.59. The lowest BCUT2D eigenvalue weighted by Gasteiger charge is -2.24. The molecule has 0 aromatic heterocycles. The van der Waals surface area contributed by atoms with Gasteiger partial charge in [-0.15, -0.1) is 0 Å². The first-order valence-electron chi connectivity index (χ1n) is 11.7. The van der Waals surface area contributed by atoms with Crippen LogP contribution in [0.3, 0.4) is 0 Å². The third-order valence-corrected chi connectivity index (χ3v) is 9.57. The zero-order chi connectivity index (χ0) is 27.5. The lowest BCUT2D eigenvalue weighted by Crippen LogP contribution is -2.38. The Bertz CT molecular complexity index is 1510. The summed E-state index contributed by atoms with van der Waals surface area (Å²) in [5.41, 5.74) is 4.86. The molecule has 0 radical (unpaired) electrons. The van der Waals surface area contributed by atoms with Crippen LogP contribution in [0.5, 0.6) is 0 Å². The van der Waals surface area contributed by atoms with Gasteiger partial charge in [0.15, 0.2) is 0 Å². The van der Waals surface area contributed by atoms with E-state index in [2.05, 4.69) is 10.0 Å². The topological polar surface area (TPSA) is 113 Å². The second-order valence-electron chi connectivity index (χ2n) is 9.22. The fraction of sp³-hybridized carbons (Fsp3) is 0.296. The van der Waals surface area contributed by atoms with E-state index in [0.717, 1.165) is 21.0 Å². The molecule has 0 aliphatic heterocycles. The molecule has 0 fully saturated rings. The van der Waals surface area contributed by atoms with E-state index in [0.29, 0.717) is 16.7 Å². The van der Waals surface area contributed by atoms with Crippen molar-refractivity contribution in [2.75, 3.05) is 18.9 Å².